The molecule has 1 N–H and O–H groups in total. The SMILES string of the molecule is CC(c1ccccc1O)[N+](=O)[O-]. The van der Waals surface area contributed by atoms with Gasteiger partial charge in [-0.25, -0.2) is 0 Å². The van der Waals surface area contributed by atoms with Crippen LogP contribution in [-0.4, -0.2) is 10.0 Å². The van der Waals surface area contributed by atoms with Crippen molar-refractivity contribution in [2.24, 2.45) is 0 Å². The molecule has 0 spiro atoms. The molecule has 0 fully saturated rings. The van der Waals surface area contributed by atoms with Crippen molar-refractivity contribution >= 4 is 0 Å². The van der Waals surface area contributed by atoms with Crippen LogP contribution in [0.25, 0.3) is 0 Å². The van der Waals surface area contributed by atoms with Crippen LogP contribution in [0, 0.1) is 10.1 Å². The highest BCUT2D eigenvalue weighted by Crippen LogP contribution is 2.24. The number of hydrogen-bond donors (Lipinski definition) is 1. The van der Waals surface area contributed by atoms with Crippen molar-refractivity contribution in [3.8, 4) is 5.75 Å². The quantitative estimate of drug-likeness (QED) is 0.538. The second kappa shape index (κ2) is 3.21. The van der Waals surface area contributed by atoms with Gasteiger partial charge in [-0.2, -0.15) is 0 Å². The summed E-state index contributed by atoms with van der Waals surface area (Å²) in [5.41, 5.74) is 0.350. The van der Waals surface area contributed by atoms with Gasteiger partial charge in [0.1, 0.15) is 5.75 Å². The summed E-state index contributed by atoms with van der Waals surface area (Å²) < 4.78 is 0. The number of phenols is 1. The van der Waals surface area contributed by atoms with E-state index in [1.165, 1.54) is 13.0 Å². The Morgan fingerprint density at radius 3 is 2.58 bits per heavy atom. The zero-order chi connectivity index (χ0) is 9.14. The molecule has 0 aliphatic heterocycles. The first-order valence-electron chi connectivity index (χ1n) is 3.54. The Labute approximate surface area is 69.6 Å². The van der Waals surface area contributed by atoms with Crippen LogP contribution in [-0.2, 0) is 0 Å². The van der Waals surface area contributed by atoms with Crippen molar-refractivity contribution in [3.05, 3.63) is 39.9 Å². The van der Waals surface area contributed by atoms with Crippen LogP contribution in [0.1, 0.15) is 18.5 Å². The van der Waals surface area contributed by atoms with Gasteiger partial charge in [0, 0.05) is 11.8 Å². The highest BCUT2D eigenvalue weighted by atomic mass is 16.6. The highest BCUT2D eigenvalue weighted by molar-refractivity contribution is 5.33. The van der Waals surface area contributed by atoms with Crippen molar-refractivity contribution in [2.75, 3.05) is 0 Å². The first-order valence-corrected chi connectivity index (χ1v) is 3.54. The van der Waals surface area contributed by atoms with Crippen LogP contribution in [0.4, 0.5) is 0 Å². The Kier molecular flexibility index (Phi) is 2.28. The highest BCUT2D eigenvalue weighted by Gasteiger charge is 2.18. The normalized spacial score (nSPS) is 12.4. The van der Waals surface area contributed by atoms with Gasteiger partial charge < -0.3 is 5.11 Å². The lowest BCUT2D eigenvalue weighted by Crippen LogP contribution is -2.05. The van der Waals surface area contributed by atoms with Gasteiger partial charge in [-0.05, 0) is 12.1 Å². The maximum atomic E-state index is 10.3. The zero-order valence-electron chi connectivity index (χ0n) is 6.60. The van der Waals surface area contributed by atoms with Gasteiger partial charge in [-0.15, -0.1) is 0 Å². The summed E-state index contributed by atoms with van der Waals surface area (Å²) in [5.74, 6) is -0.0262. The van der Waals surface area contributed by atoms with E-state index < -0.39 is 11.0 Å². The van der Waals surface area contributed by atoms with Gasteiger partial charge >= 0.3 is 0 Å². The van der Waals surface area contributed by atoms with E-state index in [2.05, 4.69) is 0 Å². The molecule has 0 aliphatic rings. The van der Waals surface area contributed by atoms with E-state index in [1.54, 1.807) is 18.2 Å². The smallest absolute Gasteiger partial charge is 0.238 e. The molecule has 4 nitrogen and oxygen atoms in total. The third-order valence-electron chi connectivity index (χ3n) is 1.70. The summed E-state index contributed by atoms with van der Waals surface area (Å²) >= 11 is 0. The van der Waals surface area contributed by atoms with Gasteiger partial charge in [0.15, 0.2) is 0 Å². The van der Waals surface area contributed by atoms with Crippen LogP contribution in [0.2, 0.25) is 0 Å². The molecule has 0 saturated carbocycles. The number of nitrogens with zero attached hydrogens (tertiary/aromatic N) is 1. The molecule has 1 aromatic carbocycles. The molecule has 1 rings (SSSR count). The lowest BCUT2D eigenvalue weighted by Gasteiger charge is -2.04. The standard InChI is InChI=1S/C8H9NO3/c1-6(9(11)12)7-4-2-3-5-8(7)10/h2-6,10H,1H3. The van der Waals surface area contributed by atoms with E-state index in [-0.39, 0.29) is 5.75 Å². The fourth-order valence-corrected chi connectivity index (χ4v) is 0.954. The topological polar surface area (TPSA) is 63.4 Å². The minimum absolute atomic E-state index is 0.0262. The van der Waals surface area contributed by atoms with Crippen LogP contribution >= 0.6 is 0 Å². The number of hydrogen-bond acceptors (Lipinski definition) is 3. The molecule has 0 saturated heterocycles. The Morgan fingerprint density at radius 2 is 2.08 bits per heavy atom. The molecule has 0 bridgehead atoms. The number of benzene rings is 1. The number of rotatable bonds is 2. The number of phenolic OH excluding ortho intramolecular Hbond substituents is 1. The summed E-state index contributed by atoms with van der Waals surface area (Å²) in [6.07, 6.45) is 0. The molecule has 12 heavy (non-hydrogen) atoms. The predicted octanol–water partition coefficient (Wildman–Crippen LogP) is 1.73. The molecule has 0 aliphatic carbocycles. The maximum Gasteiger partial charge on any atom is 0.238 e. The third kappa shape index (κ3) is 1.53. The molecule has 0 amide bonds. The van der Waals surface area contributed by atoms with E-state index in [1.807, 2.05) is 0 Å². The monoisotopic (exact) mass is 167 g/mol. The largest absolute Gasteiger partial charge is 0.507 e. The second-order valence-electron chi connectivity index (χ2n) is 2.52. The van der Waals surface area contributed by atoms with Crippen molar-refractivity contribution in [1.82, 2.24) is 0 Å². The number of nitro groups is 1. The average molecular weight is 167 g/mol. The summed E-state index contributed by atoms with van der Waals surface area (Å²) in [5, 5.41) is 19.6. The average Bonchev–Trinajstić information content (AvgIpc) is 2.04. The van der Waals surface area contributed by atoms with Crippen molar-refractivity contribution < 1.29 is 10.0 Å². The van der Waals surface area contributed by atoms with Crippen LogP contribution in [0.5, 0.6) is 5.75 Å². The van der Waals surface area contributed by atoms with Gasteiger partial charge in [0.2, 0.25) is 6.04 Å². The Bertz CT molecular complexity index is 298. The van der Waals surface area contributed by atoms with Gasteiger partial charge in [-0.3, -0.25) is 10.1 Å². The van der Waals surface area contributed by atoms with Gasteiger partial charge in [0.25, 0.3) is 0 Å². The van der Waals surface area contributed by atoms with Crippen molar-refractivity contribution in [1.29, 1.82) is 0 Å². The molecule has 64 valence electrons. The summed E-state index contributed by atoms with van der Waals surface area (Å²) in [6, 6.07) is 5.42. The zero-order valence-corrected chi connectivity index (χ0v) is 6.60. The van der Waals surface area contributed by atoms with Gasteiger partial charge in [-0.1, -0.05) is 12.1 Å². The number of aromatic hydroxyl groups is 1. The van der Waals surface area contributed by atoms with Crippen molar-refractivity contribution in [3.63, 3.8) is 0 Å². The second-order valence-corrected chi connectivity index (χ2v) is 2.52. The lowest BCUT2D eigenvalue weighted by atomic mass is 10.1. The first-order chi connectivity index (χ1) is 5.63. The fraction of sp³-hybridized carbons (Fsp3) is 0.250. The van der Waals surface area contributed by atoms with Crippen LogP contribution in [0.3, 0.4) is 0 Å². The molecule has 1 atom stereocenters. The predicted molar refractivity (Wildman–Crippen MR) is 43.5 cm³/mol. The van der Waals surface area contributed by atoms with E-state index in [4.69, 9.17) is 0 Å². The molecule has 0 heterocycles. The van der Waals surface area contributed by atoms with Crippen LogP contribution < -0.4 is 0 Å². The van der Waals surface area contributed by atoms with Crippen molar-refractivity contribution in [2.45, 2.75) is 13.0 Å². The minimum Gasteiger partial charge on any atom is -0.507 e. The lowest BCUT2D eigenvalue weighted by molar-refractivity contribution is -0.524. The summed E-state index contributed by atoms with van der Waals surface area (Å²) in [7, 11) is 0. The molecule has 1 unspecified atom stereocenters. The maximum absolute atomic E-state index is 10.3. The van der Waals surface area contributed by atoms with Crippen LogP contribution in [0.15, 0.2) is 24.3 Å². The Morgan fingerprint density at radius 1 is 1.50 bits per heavy atom. The van der Waals surface area contributed by atoms with E-state index in [0.717, 1.165) is 0 Å². The molecular weight excluding hydrogens is 158 g/mol. The molecule has 4 heteroatoms. The summed E-state index contributed by atoms with van der Waals surface area (Å²) in [4.78, 5) is 9.91. The van der Waals surface area contributed by atoms with Gasteiger partial charge in [0.05, 0.1) is 5.56 Å². The van der Waals surface area contributed by atoms with E-state index in [9.17, 15) is 15.2 Å². The summed E-state index contributed by atoms with van der Waals surface area (Å²) in [6.45, 7) is 1.44. The molecule has 0 aromatic heterocycles. The first kappa shape index (κ1) is 8.52. The third-order valence-corrected chi connectivity index (χ3v) is 1.70. The fourth-order valence-electron chi connectivity index (χ4n) is 0.954. The van der Waals surface area contributed by atoms with E-state index in [0.29, 0.717) is 5.56 Å². The Balaban J connectivity index is 3.02. The molecular formula is C8H9NO3. The number of para-hydroxylation sites is 1. The molecule has 0 radical (unpaired) electrons. The van der Waals surface area contributed by atoms with E-state index >= 15 is 0 Å². The Hall–Kier alpha value is -1.58. The molecule has 1 aromatic rings. The minimum atomic E-state index is -0.855.